The molecule has 0 spiro atoms. The first-order valence-electron chi connectivity index (χ1n) is 7.09. The molecule has 22 heavy (non-hydrogen) atoms. The minimum absolute atomic E-state index is 0.000957. The minimum atomic E-state index is -0.401. The lowest BCUT2D eigenvalue weighted by atomic mass is 10.2. The number of rotatable bonds is 7. The van der Waals surface area contributed by atoms with E-state index in [2.05, 4.69) is 16.0 Å². The van der Waals surface area contributed by atoms with Gasteiger partial charge in [-0.1, -0.05) is 19.4 Å². The summed E-state index contributed by atoms with van der Waals surface area (Å²) in [4.78, 5) is 22.8. The van der Waals surface area contributed by atoms with Gasteiger partial charge in [-0.25, -0.2) is 0 Å². The number of nitrogens with zero attached hydrogens (tertiary/aromatic N) is 1. The van der Waals surface area contributed by atoms with Crippen molar-refractivity contribution in [1.82, 2.24) is 5.32 Å². The second kappa shape index (κ2) is 9.19. The molecular formula is C16H20N4O2. The first-order valence-corrected chi connectivity index (χ1v) is 7.09. The van der Waals surface area contributed by atoms with E-state index in [9.17, 15) is 9.59 Å². The van der Waals surface area contributed by atoms with E-state index in [1.165, 1.54) is 13.1 Å². The maximum absolute atomic E-state index is 11.8. The molecule has 116 valence electrons. The number of nitrogens with one attached hydrogen (secondary N) is 3. The van der Waals surface area contributed by atoms with Crippen LogP contribution in [-0.4, -0.2) is 18.4 Å². The van der Waals surface area contributed by atoms with E-state index in [1.807, 2.05) is 13.0 Å². The van der Waals surface area contributed by atoms with Crippen molar-refractivity contribution in [3.8, 4) is 6.07 Å². The monoisotopic (exact) mass is 300 g/mol. The quantitative estimate of drug-likeness (QED) is 0.409. The third-order valence-electron chi connectivity index (χ3n) is 2.75. The molecule has 0 bridgehead atoms. The Morgan fingerprint density at radius 2 is 2.05 bits per heavy atom. The molecule has 6 heteroatoms. The lowest BCUT2D eigenvalue weighted by Gasteiger charge is -2.06. The Bertz CT molecular complexity index is 602. The molecule has 1 aromatic carbocycles. The lowest BCUT2D eigenvalue weighted by Crippen LogP contribution is -2.25. The van der Waals surface area contributed by atoms with Gasteiger partial charge in [-0.15, -0.1) is 0 Å². The van der Waals surface area contributed by atoms with E-state index in [4.69, 9.17) is 5.26 Å². The van der Waals surface area contributed by atoms with Crippen LogP contribution in [0.25, 0.3) is 0 Å². The molecule has 0 aliphatic heterocycles. The van der Waals surface area contributed by atoms with Crippen molar-refractivity contribution < 1.29 is 9.59 Å². The SMILES string of the molecule is CCCCNC(=O)/C(C#N)=C\Nc1cccc(NC(C)=O)c1. The normalized spacial score (nSPS) is 10.5. The molecule has 0 aromatic heterocycles. The number of nitriles is 1. The van der Waals surface area contributed by atoms with Crippen LogP contribution in [0.3, 0.4) is 0 Å². The molecule has 3 N–H and O–H groups in total. The molecule has 0 heterocycles. The van der Waals surface area contributed by atoms with Gasteiger partial charge in [-0.05, 0) is 24.6 Å². The molecule has 0 radical (unpaired) electrons. The average Bonchev–Trinajstić information content (AvgIpc) is 2.48. The third kappa shape index (κ3) is 6.09. The standard InChI is InChI=1S/C16H20N4O2/c1-3-4-8-18-16(22)13(10-17)11-19-14-6-5-7-15(9-14)20-12(2)21/h5-7,9,11,19H,3-4,8H2,1-2H3,(H,18,22)(H,20,21)/b13-11-. The van der Waals surface area contributed by atoms with Gasteiger partial charge in [0.15, 0.2) is 0 Å². The molecule has 0 saturated heterocycles. The Kier molecular flexibility index (Phi) is 7.20. The van der Waals surface area contributed by atoms with Crippen LogP contribution in [0.4, 0.5) is 11.4 Å². The smallest absolute Gasteiger partial charge is 0.263 e. The van der Waals surface area contributed by atoms with E-state index in [1.54, 1.807) is 24.3 Å². The Hall–Kier alpha value is -2.81. The van der Waals surface area contributed by atoms with Crippen molar-refractivity contribution >= 4 is 23.2 Å². The summed E-state index contributed by atoms with van der Waals surface area (Å²) in [5.41, 5.74) is 1.30. The molecule has 0 aliphatic rings. The minimum Gasteiger partial charge on any atom is -0.360 e. The van der Waals surface area contributed by atoms with Gasteiger partial charge in [0.1, 0.15) is 11.6 Å². The summed E-state index contributed by atoms with van der Waals surface area (Å²) in [5.74, 6) is -0.567. The fourth-order valence-corrected chi connectivity index (χ4v) is 1.67. The number of benzene rings is 1. The highest BCUT2D eigenvalue weighted by Gasteiger charge is 2.07. The number of anilines is 2. The number of carbonyl (C=O) groups excluding carboxylic acids is 2. The number of hydrogen-bond acceptors (Lipinski definition) is 4. The van der Waals surface area contributed by atoms with Crippen LogP contribution < -0.4 is 16.0 Å². The van der Waals surface area contributed by atoms with Crippen LogP contribution in [0.1, 0.15) is 26.7 Å². The van der Waals surface area contributed by atoms with E-state index in [0.29, 0.717) is 17.9 Å². The Morgan fingerprint density at radius 1 is 1.32 bits per heavy atom. The summed E-state index contributed by atoms with van der Waals surface area (Å²) in [6, 6.07) is 8.85. The van der Waals surface area contributed by atoms with E-state index >= 15 is 0 Å². The van der Waals surface area contributed by atoms with Crippen molar-refractivity contribution in [2.24, 2.45) is 0 Å². The zero-order valence-corrected chi connectivity index (χ0v) is 12.8. The fraction of sp³-hybridized carbons (Fsp3) is 0.312. The van der Waals surface area contributed by atoms with Crippen LogP contribution in [0.2, 0.25) is 0 Å². The summed E-state index contributed by atoms with van der Waals surface area (Å²) in [7, 11) is 0. The van der Waals surface area contributed by atoms with Crippen molar-refractivity contribution in [2.75, 3.05) is 17.2 Å². The predicted octanol–water partition coefficient (Wildman–Crippen LogP) is 2.38. The summed E-state index contributed by atoms with van der Waals surface area (Å²) in [5, 5.41) is 17.3. The lowest BCUT2D eigenvalue weighted by molar-refractivity contribution is -0.117. The van der Waals surface area contributed by atoms with Crippen LogP contribution in [0, 0.1) is 11.3 Å². The molecular weight excluding hydrogens is 280 g/mol. The van der Waals surface area contributed by atoms with Gasteiger partial charge in [-0.3, -0.25) is 9.59 Å². The van der Waals surface area contributed by atoms with Gasteiger partial charge >= 0.3 is 0 Å². The van der Waals surface area contributed by atoms with Crippen LogP contribution >= 0.6 is 0 Å². The molecule has 1 rings (SSSR count). The van der Waals surface area contributed by atoms with Crippen molar-refractivity contribution in [1.29, 1.82) is 5.26 Å². The summed E-state index contributed by atoms with van der Waals surface area (Å²) in [6.45, 7) is 4.00. The first kappa shape index (κ1) is 17.2. The first-order chi connectivity index (χ1) is 10.6. The van der Waals surface area contributed by atoms with Crippen molar-refractivity contribution in [3.05, 3.63) is 36.0 Å². The van der Waals surface area contributed by atoms with E-state index in [-0.39, 0.29) is 11.5 Å². The number of hydrogen-bond donors (Lipinski definition) is 3. The maximum Gasteiger partial charge on any atom is 0.263 e. The number of carbonyl (C=O) groups is 2. The van der Waals surface area contributed by atoms with Crippen LogP contribution in [-0.2, 0) is 9.59 Å². The highest BCUT2D eigenvalue weighted by Crippen LogP contribution is 2.15. The third-order valence-corrected chi connectivity index (χ3v) is 2.75. The average molecular weight is 300 g/mol. The predicted molar refractivity (Wildman–Crippen MR) is 86.0 cm³/mol. The van der Waals surface area contributed by atoms with Gasteiger partial charge in [-0.2, -0.15) is 5.26 Å². The van der Waals surface area contributed by atoms with Gasteiger partial charge in [0, 0.05) is 31.0 Å². The number of amides is 2. The highest BCUT2D eigenvalue weighted by molar-refractivity contribution is 5.97. The molecule has 0 saturated carbocycles. The zero-order chi connectivity index (χ0) is 16.4. The van der Waals surface area contributed by atoms with Crippen LogP contribution in [0.5, 0.6) is 0 Å². The van der Waals surface area contributed by atoms with Gasteiger partial charge in [0.25, 0.3) is 5.91 Å². The largest absolute Gasteiger partial charge is 0.360 e. The zero-order valence-electron chi connectivity index (χ0n) is 12.8. The maximum atomic E-state index is 11.8. The number of unbranched alkanes of at least 4 members (excludes halogenated alkanes) is 1. The Balaban J connectivity index is 2.70. The Labute approximate surface area is 130 Å². The van der Waals surface area contributed by atoms with E-state index < -0.39 is 5.91 Å². The van der Waals surface area contributed by atoms with Crippen LogP contribution in [0.15, 0.2) is 36.0 Å². The van der Waals surface area contributed by atoms with Gasteiger partial charge in [0.2, 0.25) is 5.91 Å². The highest BCUT2D eigenvalue weighted by atomic mass is 16.2. The fourth-order valence-electron chi connectivity index (χ4n) is 1.67. The van der Waals surface area contributed by atoms with Crippen molar-refractivity contribution in [2.45, 2.75) is 26.7 Å². The molecule has 6 nitrogen and oxygen atoms in total. The Morgan fingerprint density at radius 3 is 2.68 bits per heavy atom. The molecule has 2 amide bonds. The van der Waals surface area contributed by atoms with E-state index in [0.717, 1.165) is 12.8 Å². The summed E-state index contributed by atoms with van der Waals surface area (Å²) < 4.78 is 0. The molecule has 0 atom stereocenters. The molecule has 1 aromatic rings. The summed E-state index contributed by atoms with van der Waals surface area (Å²) >= 11 is 0. The molecule has 0 fully saturated rings. The summed E-state index contributed by atoms with van der Waals surface area (Å²) in [6.07, 6.45) is 3.20. The van der Waals surface area contributed by atoms with Gasteiger partial charge < -0.3 is 16.0 Å². The van der Waals surface area contributed by atoms with Crippen molar-refractivity contribution in [3.63, 3.8) is 0 Å². The topological polar surface area (TPSA) is 94.0 Å². The molecule has 0 aliphatic carbocycles. The second-order valence-corrected chi connectivity index (χ2v) is 4.69. The van der Waals surface area contributed by atoms with Gasteiger partial charge in [0.05, 0.1) is 0 Å². The molecule has 0 unspecified atom stereocenters. The second-order valence-electron chi connectivity index (χ2n) is 4.69.